The number of aromatic nitrogens is 4. The van der Waals surface area contributed by atoms with Crippen LogP contribution in [0.15, 0.2) is 12.7 Å². The van der Waals surface area contributed by atoms with Crippen LogP contribution >= 0.6 is 15.4 Å². The highest BCUT2D eigenvalue weighted by Crippen LogP contribution is 2.58. The van der Waals surface area contributed by atoms with Crippen LogP contribution in [0.4, 0.5) is 5.82 Å². The van der Waals surface area contributed by atoms with Gasteiger partial charge >= 0.3 is 15.4 Å². The van der Waals surface area contributed by atoms with Gasteiger partial charge < -0.3 is 25.4 Å². The first-order chi connectivity index (χ1) is 12.1. The lowest BCUT2D eigenvalue weighted by Crippen LogP contribution is -2.19. The van der Waals surface area contributed by atoms with Gasteiger partial charge in [0.25, 0.3) is 0 Å². The molecule has 1 saturated heterocycles. The summed E-state index contributed by atoms with van der Waals surface area (Å²) >= 11 is 0. The summed E-state index contributed by atoms with van der Waals surface area (Å²) < 4.78 is 38.5. The lowest BCUT2D eigenvalue weighted by atomic mass is 10.2. The third-order valence-corrected chi connectivity index (χ3v) is 6.02. The maximum absolute atomic E-state index is 11.6. The van der Waals surface area contributed by atoms with E-state index in [0.717, 1.165) is 6.66 Å². The fourth-order valence-electron chi connectivity index (χ4n) is 2.54. The van der Waals surface area contributed by atoms with Crippen LogP contribution in [0.25, 0.3) is 11.2 Å². The first-order valence-electron chi connectivity index (χ1n) is 7.31. The Bertz CT molecular complexity index is 900. The van der Waals surface area contributed by atoms with Crippen LogP contribution in [0, 0.1) is 0 Å². The molecular formula is C11H17N5O8P2. The summed E-state index contributed by atoms with van der Waals surface area (Å²) in [6, 6.07) is 0. The van der Waals surface area contributed by atoms with Gasteiger partial charge in [0, 0.05) is 13.1 Å². The number of hydrogen-bond acceptors (Lipinski definition) is 10. The summed E-state index contributed by atoms with van der Waals surface area (Å²) in [6.45, 7) is 0.313. The Morgan fingerprint density at radius 1 is 1.38 bits per heavy atom. The van der Waals surface area contributed by atoms with E-state index in [4.69, 9.17) is 15.4 Å². The molecule has 0 aliphatic carbocycles. The maximum atomic E-state index is 11.6. The topological polar surface area (TPSA) is 192 Å². The number of aliphatic hydroxyl groups is 1. The molecular weight excluding hydrogens is 392 g/mol. The molecule has 5 atom stereocenters. The van der Waals surface area contributed by atoms with Crippen molar-refractivity contribution >= 4 is 32.4 Å². The second-order valence-corrected chi connectivity index (χ2v) is 9.14. The summed E-state index contributed by atoms with van der Waals surface area (Å²) in [5.41, 5.74) is 6.41. The van der Waals surface area contributed by atoms with Crippen molar-refractivity contribution in [2.24, 2.45) is 0 Å². The fourth-order valence-corrected chi connectivity index (χ4v) is 4.61. The zero-order valence-corrected chi connectivity index (χ0v) is 15.2. The number of ether oxygens (including phenoxy) is 1. The summed E-state index contributed by atoms with van der Waals surface area (Å²) in [4.78, 5) is 30.4. The lowest BCUT2D eigenvalue weighted by Gasteiger charge is -2.18. The van der Waals surface area contributed by atoms with E-state index in [1.807, 2.05) is 0 Å². The van der Waals surface area contributed by atoms with E-state index in [9.17, 15) is 19.1 Å². The molecule has 0 bridgehead atoms. The molecule has 0 aromatic carbocycles. The molecule has 5 N–H and O–H groups in total. The number of aliphatic hydroxyl groups excluding tert-OH is 1. The minimum absolute atomic E-state index is 0.0772. The van der Waals surface area contributed by atoms with Gasteiger partial charge in [0.2, 0.25) is 0 Å². The van der Waals surface area contributed by atoms with Crippen LogP contribution < -0.4 is 5.73 Å². The van der Waals surface area contributed by atoms with Crippen molar-refractivity contribution in [1.29, 1.82) is 0 Å². The van der Waals surface area contributed by atoms with Crippen LogP contribution in [0.3, 0.4) is 0 Å². The van der Waals surface area contributed by atoms with E-state index in [2.05, 4.69) is 23.8 Å². The Morgan fingerprint density at radius 2 is 2.12 bits per heavy atom. The van der Waals surface area contributed by atoms with Crippen LogP contribution in [-0.4, -0.2) is 59.9 Å². The molecule has 13 nitrogen and oxygen atoms in total. The molecule has 0 saturated carbocycles. The SMILES string of the molecule is CP(=O)(O)OP(=O)(O)OC[C@@H]1CC(O)[C@H](n2cnc3c(N)ncnc32)O1. The third-order valence-electron chi connectivity index (χ3n) is 3.50. The average Bonchev–Trinajstić information content (AvgIpc) is 3.07. The van der Waals surface area contributed by atoms with Gasteiger partial charge in [-0.25, -0.2) is 23.8 Å². The van der Waals surface area contributed by atoms with Crippen molar-refractivity contribution in [1.82, 2.24) is 19.5 Å². The molecule has 1 aliphatic heterocycles. The molecule has 0 spiro atoms. The number of phosphoric acid groups is 1. The van der Waals surface area contributed by atoms with E-state index in [0.29, 0.717) is 11.2 Å². The molecule has 2 aromatic rings. The molecule has 0 radical (unpaired) electrons. The van der Waals surface area contributed by atoms with Crippen LogP contribution in [0.1, 0.15) is 12.6 Å². The zero-order valence-electron chi connectivity index (χ0n) is 13.4. The van der Waals surface area contributed by atoms with E-state index in [1.54, 1.807) is 0 Å². The van der Waals surface area contributed by atoms with Gasteiger partial charge in [-0.3, -0.25) is 13.7 Å². The highest BCUT2D eigenvalue weighted by molar-refractivity contribution is 7.63. The molecule has 15 heteroatoms. The van der Waals surface area contributed by atoms with E-state index < -0.39 is 40.5 Å². The predicted molar refractivity (Wildman–Crippen MR) is 86.9 cm³/mol. The molecule has 1 fully saturated rings. The second kappa shape index (κ2) is 6.95. The first-order valence-corrected chi connectivity index (χ1v) is 10.8. The molecule has 144 valence electrons. The number of anilines is 1. The Morgan fingerprint density at radius 3 is 2.81 bits per heavy atom. The molecule has 3 rings (SSSR count). The van der Waals surface area contributed by atoms with Crippen molar-refractivity contribution in [2.75, 3.05) is 19.0 Å². The van der Waals surface area contributed by atoms with E-state index in [1.165, 1.54) is 17.2 Å². The molecule has 26 heavy (non-hydrogen) atoms. The largest absolute Gasteiger partial charge is 0.479 e. The standard InChI is InChI=1S/C11H17N5O8P2/c1-25(18,19)24-26(20,21)22-3-6-2-7(17)11(23-6)16-5-15-8-9(12)13-4-14-10(8)16/h4-7,11,17H,2-3H2,1H3,(H,18,19)(H,20,21)(H2,12,13,14)/t6-,7?,11+/m0/s1. The Labute approximate surface area is 146 Å². The Hall–Kier alpha value is -1.43. The second-order valence-electron chi connectivity index (χ2n) is 5.68. The minimum Gasteiger partial charge on any atom is -0.388 e. The van der Waals surface area contributed by atoms with Gasteiger partial charge in [-0.15, -0.1) is 0 Å². The maximum Gasteiger partial charge on any atom is 0.479 e. The molecule has 3 heterocycles. The van der Waals surface area contributed by atoms with Gasteiger partial charge in [-0.2, -0.15) is 0 Å². The number of rotatable bonds is 6. The number of nitrogen functional groups attached to an aromatic ring is 1. The van der Waals surface area contributed by atoms with Gasteiger partial charge in [0.05, 0.1) is 19.0 Å². The summed E-state index contributed by atoms with van der Waals surface area (Å²) in [7, 11) is -8.95. The van der Waals surface area contributed by atoms with Crippen molar-refractivity contribution < 1.29 is 37.6 Å². The van der Waals surface area contributed by atoms with Crippen molar-refractivity contribution in [3.63, 3.8) is 0 Å². The van der Waals surface area contributed by atoms with Gasteiger partial charge in [-0.1, -0.05) is 0 Å². The molecule has 1 aliphatic rings. The normalized spacial score (nSPS) is 28.1. The quantitative estimate of drug-likeness (QED) is 0.468. The number of nitrogens with zero attached hydrogens (tertiary/aromatic N) is 4. The number of phosphoric ester groups is 1. The number of imidazole rings is 1. The van der Waals surface area contributed by atoms with Crippen LogP contribution in [-0.2, 0) is 22.7 Å². The molecule has 0 amide bonds. The zero-order chi connectivity index (χ0) is 19.1. The Kier molecular flexibility index (Phi) is 5.17. The summed E-state index contributed by atoms with van der Waals surface area (Å²) in [6.07, 6.45) is 0.0726. The van der Waals surface area contributed by atoms with Gasteiger partial charge in [0.15, 0.2) is 17.7 Å². The van der Waals surface area contributed by atoms with Crippen molar-refractivity contribution in [2.45, 2.75) is 24.9 Å². The smallest absolute Gasteiger partial charge is 0.388 e. The van der Waals surface area contributed by atoms with Gasteiger partial charge in [-0.05, 0) is 0 Å². The molecule has 2 aromatic heterocycles. The average molecular weight is 409 g/mol. The predicted octanol–water partition coefficient (Wildman–Crippen LogP) is 0.00570. The van der Waals surface area contributed by atoms with Crippen LogP contribution in [0.5, 0.6) is 0 Å². The summed E-state index contributed by atoms with van der Waals surface area (Å²) in [5.74, 6) is 0.174. The lowest BCUT2D eigenvalue weighted by molar-refractivity contribution is -0.0479. The monoisotopic (exact) mass is 409 g/mol. The number of hydrogen-bond donors (Lipinski definition) is 4. The van der Waals surface area contributed by atoms with Crippen molar-refractivity contribution in [3.8, 4) is 0 Å². The van der Waals surface area contributed by atoms with E-state index in [-0.39, 0.29) is 12.2 Å². The minimum atomic E-state index is -4.74. The Balaban J connectivity index is 1.69. The third kappa shape index (κ3) is 4.27. The van der Waals surface area contributed by atoms with Gasteiger partial charge in [0.1, 0.15) is 17.9 Å². The fraction of sp³-hybridized carbons (Fsp3) is 0.545. The highest BCUT2D eigenvalue weighted by Gasteiger charge is 2.38. The number of nitrogens with two attached hydrogens (primary N) is 1. The van der Waals surface area contributed by atoms with Crippen molar-refractivity contribution in [3.05, 3.63) is 12.7 Å². The van der Waals surface area contributed by atoms with Crippen LogP contribution in [0.2, 0.25) is 0 Å². The highest BCUT2D eigenvalue weighted by atomic mass is 31.3. The first kappa shape index (κ1) is 19.3. The summed E-state index contributed by atoms with van der Waals surface area (Å²) in [5, 5.41) is 10.2. The van der Waals surface area contributed by atoms with E-state index >= 15 is 0 Å². The molecule has 3 unspecified atom stereocenters. The number of fused-ring (bicyclic) bond motifs is 1.